The molecule has 0 bridgehead atoms. The zero-order valence-electron chi connectivity index (χ0n) is 10.6. The van der Waals surface area contributed by atoms with Crippen LogP contribution in [-0.2, 0) is 9.53 Å². The maximum absolute atomic E-state index is 11.8. The van der Waals surface area contributed by atoms with Gasteiger partial charge in [0.15, 0.2) is 0 Å². The first kappa shape index (κ1) is 12.8. The zero-order valence-corrected chi connectivity index (χ0v) is 10.6. The molecule has 17 heavy (non-hydrogen) atoms. The molecular weight excluding hydrogens is 218 g/mol. The third-order valence-electron chi connectivity index (χ3n) is 4.28. The van der Waals surface area contributed by atoms with E-state index in [0.29, 0.717) is 18.9 Å². The number of rotatable bonds is 5. The largest absolute Gasteiger partial charge is 0.393 e. The number of hydrogen-bond acceptors (Lipinski definition) is 3. The Balaban J connectivity index is 1.67. The van der Waals surface area contributed by atoms with E-state index in [4.69, 9.17) is 4.74 Å². The molecule has 2 unspecified atom stereocenters. The van der Waals surface area contributed by atoms with E-state index >= 15 is 0 Å². The highest BCUT2D eigenvalue weighted by Gasteiger charge is 2.39. The summed E-state index contributed by atoms with van der Waals surface area (Å²) in [4.78, 5) is 11.8. The molecule has 2 atom stereocenters. The van der Waals surface area contributed by atoms with Crippen molar-refractivity contribution in [2.45, 2.75) is 56.7 Å². The molecule has 2 aliphatic rings. The summed E-state index contributed by atoms with van der Waals surface area (Å²) in [7, 11) is 1.69. The Hall–Kier alpha value is -0.610. The van der Waals surface area contributed by atoms with Crippen molar-refractivity contribution in [2.24, 2.45) is 5.92 Å². The highest BCUT2D eigenvalue weighted by atomic mass is 16.5. The van der Waals surface area contributed by atoms with E-state index in [0.717, 1.165) is 38.5 Å². The average Bonchev–Trinajstić information content (AvgIpc) is 2.67. The molecular formula is C13H23NO3. The summed E-state index contributed by atoms with van der Waals surface area (Å²) in [6.07, 6.45) is 6.22. The molecule has 4 nitrogen and oxygen atoms in total. The lowest BCUT2D eigenvalue weighted by molar-refractivity contribution is -0.134. The fourth-order valence-electron chi connectivity index (χ4n) is 2.87. The third kappa shape index (κ3) is 3.19. The Kier molecular flexibility index (Phi) is 4.05. The van der Waals surface area contributed by atoms with E-state index < -0.39 is 0 Å². The van der Waals surface area contributed by atoms with Crippen molar-refractivity contribution in [2.75, 3.05) is 13.7 Å². The lowest BCUT2D eigenvalue weighted by atomic mass is 9.77. The molecule has 1 amide bonds. The molecule has 2 rings (SSSR count). The van der Waals surface area contributed by atoms with Crippen LogP contribution < -0.4 is 5.32 Å². The quantitative estimate of drug-likeness (QED) is 0.761. The Labute approximate surface area is 103 Å². The van der Waals surface area contributed by atoms with Gasteiger partial charge >= 0.3 is 0 Å². The van der Waals surface area contributed by atoms with Gasteiger partial charge < -0.3 is 15.2 Å². The van der Waals surface area contributed by atoms with Gasteiger partial charge in [-0.1, -0.05) is 0 Å². The van der Waals surface area contributed by atoms with Gasteiger partial charge in [-0.3, -0.25) is 4.79 Å². The number of amides is 1. The van der Waals surface area contributed by atoms with Crippen molar-refractivity contribution >= 4 is 5.91 Å². The lowest BCUT2D eigenvalue weighted by Crippen LogP contribution is -2.44. The molecule has 0 radical (unpaired) electrons. The van der Waals surface area contributed by atoms with Crippen LogP contribution in [0.25, 0.3) is 0 Å². The summed E-state index contributed by atoms with van der Waals surface area (Å²) in [5, 5.41) is 12.4. The van der Waals surface area contributed by atoms with Gasteiger partial charge in [0.25, 0.3) is 0 Å². The van der Waals surface area contributed by atoms with E-state index in [1.165, 1.54) is 0 Å². The minimum Gasteiger partial charge on any atom is -0.393 e. The fourth-order valence-corrected chi connectivity index (χ4v) is 2.87. The van der Waals surface area contributed by atoms with Crippen molar-refractivity contribution < 1.29 is 14.6 Å². The van der Waals surface area contributed by atoms with Crippen LogP contribution in [-0.4, -0.2) is 36.4 Å². The van der Waals surface area contributed by atoms with Crippen molar-refractivity contribution in [1.29, 1.82) is 0 Å². The zero-order chi connectivity index (χ0) is 12.3. The number of carbonyl (C=O) groups is 1. The number of nitrogens with one attached hydrogen (secondary N) is 1. The molecule has 0 spiro atoms. The predicted molar refractivity (Wildman–Crippen MR) is 64.6 cm³/mol. The van der Waals surface area contributed by atoms with Crippen molar-refractivity contribution in [3.8, 4) is 0 Å². The van der Waals surface area contributed by atoms with Crippen LogP contribution >= 0.6 is 0 Å². The van der Waals surface area contributed by atoms with Crippen LogP contribution in [0.5, 0.6) is 0 Å². The number of aliphatic hydroxyl groups excluding tert-OH is 1. The average molecular weight is 241 g/mol. The second kappa shape index (κ2) is 5.36. The van der Waals surface area contributed by atoms with Crippen molar-refractivity contribution in [3.63, 3.8) is 0 Å². The molecule has 0 heterocycles. The van der Waals surface area contributed by atoms with Crippen LogP contribution in [0.2, 0.25) is 0 Å². The molecule has 2 N–H and O–H groups in total. The third-order valence-corrected chi connectivity index (χ3v) is 4.28. The summed E-state index contributed by atoms with van der Waals surface area (Å²) in [5.74, 6) is 0.543. The topological polar surface area (TPSA) is 58.6 Å². The molecule has 0 aliphatic heterocycles. The molecule has 0 aromatic carbocycles. The minimum atomic E-state index is -0.181. The number of carbonyl (C=O) groups excluding carboxylic acids is 1. The first-order valence-electron chi connectivity index (χ1n) is 6.63. The monoisotopic (exact) mass is 241 g/mol. The molecule has 2 aliphatic carbocycles. The maximum atomic E-state index is 11.8. The van der Waals surface area contributed by atoms with Gasteiger partial charge in [0.05, 0.1) is 18.1 Å². The second-order valence-corrected chi connectivity index (χ2v) is 5.55. The SMILES string of the molecule is COC1(CC(=O)NCC2CCC(O)C2)CCC1. The normalized spacial score (nSPS) is 30.9. The van der Waals surface area contributed by atoms with E-state index in [-0.39, 0.29) is 17.6 Å². The van der Waals surface area contributed by atoms with Gasteiger partial charge in [-0.05, 0) is 44.4 Å². The summed E-state index contributed by atoms with van der Waals surface area (Å²) < 4.78 is 5.43. The molecule has 0 aromatic heterocycles. The fraction of sp³-hybridized carbons (Fsp3) is 0.923. The molecule has 2 fully saturated rings. The van der Waals surface area contributed by atoms with Gasteiger partial charge in [-0.25, -0.2) is 0 Å². The van der Waals surface area contributed by atoms with Crippen molar-refractivity contribution in [1.82, 2.24) is 5.32 Å². The standard InChI is InChI=1S/C13H23NO3/c1-17-13(5-2-6-13)8-12(16)14-9-10-3-4-11(15)7-10/h10-11,15H,2-9H2,1H3,(H,14,16). The minimum absolute atomic E-state index is 0.0907. The Morgan fingerprint density at radius 2 is 2.24 bits per heavy atom. The molecule has 2 saturated carbocycles. The van der Waals surface area contributed by atoms with E-state index in [9.17, 15) is 9.90 Å². The summed E-state index contributed by atoms with van der Waals surface area (Å²) in [5.41, 5.74) is -0.181. The van der Waals surface area contributed by atoms with Crippen LogP contribution in [0.3, 0.4) is 0 Å². The highest BCUT2D eigenvalue weighted by molar-refractivity contribution is 5.77. The van der Waals surface area contributed by atoms with Crippen LogP contribution in [0, 0.1) is 5.92 Å². The van der Waals surface area contributed by atoms with Crippen LogP contribution in [0.4, 0.5) is 0 Å². The van der Waals surface area contributed by atoms with E-state index in [2.05, 4.69) is 5.32 Å². The van der Waals surface area contributed by atoms with Gasteiger partial charge in [0.1, 0.15) is 0 Å². The van der Waals surface area contributed by atoms with E-state index in [1.54, 1.807) is 7.11 Å². The molecule has 4 heteroatoms. The van der Waals surface area contributed by atoms with Gasteiger partial charge in [-0.15, -0.1) is 0 Å². The molecule has 0 aromatic rings. The van der Waals surface area contributed by atoms with E-state index in [1.807, 2.05) is 0 Å². The van der Waals surface area contributed by atoms with Gasteiger partial charge in [0.2, 0.25) is 5.91 Å². The lowest BCUT2D eigenvalue weighted by Gasteiger charge is -2.40. The Bertz CT molecular complexity index is 270. The smallest absolute Gasteiger partial charge is 0.222 e. The molecule has 0 saturated heterocycles. The van der Waals surface area contributed by atoms with Gasteiger partial charge in [-0.2, -0.15) is 0 Å². The first-order valence-corrected chi connectivity index (χ1v) is 6.63. The Morgan fingerprint density at radius 3 is 2.71 bits per heavy atom. The number of aliphatic hydroxyl groups is 1. The maximum Gasteiger partial charge on any atom is 0.222 e. The second-order valence-electron chi connectivity index (χ2n) is 5.55. The van der Waals surface area contributed by atoms with Crippen molar-refractivity contribution in [3.05, 3.63) is 0 Å². The number of methoxy groups -OCH3 is 1. The highest BCUT2D eigenvalue weighted by Crippen LogP contribution is 2.37. The summed E-state index contributed by atoms with van der Waals surface area (Å²) in [6.45, 7) is 0.704. The van der Waals surface area contributed by atoms with Crippen LogP contribution in [0.1, 0.15) is 44.9 Å². The predicted octanol–water partition coefficient (Wildman–Crippen LogP) is 1.22. The van der Waals surface area contributed by atoms with Gasteiger partial charge in [0, 0.05) is 13.7 Å². The summed E-state index contributed by atoms with van der Waals surface area (Å²) in [6, 6.07) is 0. The first-order chi connectivity index (χ1) is 8.13. The number of ether oxygens (including phenoxy) is 1. The Morgan fingerprint density at radius 1 is 1.47 bits per heavy atom. The molecule has 98 valence electrons. The summed E-state index contributed by atoms with van der Waals surface area (Å²) >= 11 is 0. The number of hydrogen-bond donors (Lipinski definition) is 2. The van der Waals surface area contributed by atoms with Crippen LogP contribution in [0.15, 0.2) is 0 Å².